The molecule has 140 valence electrons. The van der Waals surface area contributed by atoms with Crippen molar-refractivity contribution in [2.45, 2.75) is 33.0 Å². The Labute approximate surface area is 145 Å². The van der Waals surface area contributed by atoms with Gasteiger partial charge in [-0.05, 0) is 25.0 Å². The maximum Gasteiger partial charge on any atom is 0.433 e. The van der Waals surface area contributed by atoms with Crippen LogP contribution in [0, 0.1) is 12.8 Å². The zero-order valence-electron chi connectivity index (χ0n) is 14.7. The fourth-order valence-electron chi connectivity index (χ4n) is 2.95. The minimum atomic E-state index is -4.52. The summed E-state index contributed by atoms with van der Waals surface area (Å²) < 4.78 is 43.4. The third kappa shape index (κ3) is 5.15. The molecule has 2 heterocycles. The van der Waals surface area contributed by atoms with Gasteiger partial charge in [0.2, 0.25) is 0 Å². The normalized spacial score (nSPS) is 17.6. The number of nitrogens with zero attached hydrogens (tertiary/aromatic N) is 2. The first-order valence-electron chi connectivity index (χ1n) is 8.35. The van der Waals surface area contributed by atoms with Crippen molar-refractivity contribution < 1.29 is 22.7 Å². The number of nitrogens with one attached hydrogen (secondary N) is 1. The third-order valence-electron chi connectivity index (χ3n) is 4.38. The lowest BCUT2D eigenvalue weighted by Gasteiger charge is -2.36. The minimum absolute atomic E-state index is 0.0693. The van der Waals surface area contributed by atoms with Crippen LogP contribution in [0.15, 0.2) is 12.1 Å². The first kappa shape index (κ1) is 19.7. The van der Waals surface area contributed by atoms with Gasteiger partial charge in [0.15, 0.2) is 0 Å². The summed E-state index contributed by atoms with van der Waals surface area (Å²) in [6.45, 7) is 8.94. The van der Waals surface area contributed by atoms with E-state index in [9.17, 15) is 18.0 Å². The van der Waals surface area contributed by atoms with Crippen LogP contribution in [0.4, 0.5) is 13.2 Å². The van der Waals surface area contributed by atoms with Gasteiger partial charge >= 0.3 is 6.18 Å². The Hall–Kier alpha value is -1.67. The number of hydrogen-bond donors (Lipinski definition) is 1. The molecule has 1 N–H and O–H groups in total. The fraction of sp³-hybridized carbons (Fsp3) is 0.647. The lowest BCUT2D eigenvalue weighted by molar-refractivity contribution is -0.141. The van der Waals surface area contributed by atoms with Crippen LogP contribution in [0.25, 0.3) is 0 Å². The van der Waals surface area contributed by atoms with Crippen LogP contribution in [-0.2, 0) is 10.9 Å². The average Bonchev–Trinajstić information content (AvgIpc) is 2.54. The second kappa shape index (κ2) is 8.14. The summed E-state index contributed by atoms with van der Waals surface area (Å²) in [6.07, 6.45) is -4.52. The summed E-state index contributed by atoms with van der Waals surface area (Å²) in [5.74, 6) is -0.0807. The van der Waals surface area contributed by atoms with Crippen molar-refractivity contribution in [1.29, 1.82) is 0 Å². The van der Waals surface area contributed by atoms with Crippen LogP contribution in [0.1, 0.15) is 35.6 Å². The van der Waals surface area contributed by atoms with E-state index < -0.39 is 17.8 Å². The standard InChI is InChI=1S/C17H24F3N3O2/c1-11(2)14(23-6-8-25-9-7-23)10-21-16(24)13-4-5-15(17(18,19)20)22-12(13)3/h4-5,11,14H,6-10H2,1-3H3,(H,21,24). The highest BCUT2D eigenvalue weighted by Gasteiger charge is 2.33. The monoisotopic (exact) mass is 359 g/mol. The van der Waals surface area contributed by atoms with Crippen LogP contribution in [0.2, 0.25) is 0 Å². The molecular formula is C17H24F3N3O2. The number of morpholine rings is 1. The van der Waals surface area contributed by atoms with E-state index in [2.05, 4.69) is 29.0 Å². The molecule has 0 saturated carbocycles. The predicted octanol–water partition coefficient (Wildman–Crippen LogP) is 2.50. The molecule has 1 aliphatic rings. The second-order valence-electron chi connectivity index (χ2n) is 6.50. The van der Waals surface area contributed by atoms with Gasteiger partial charge in [-0.1, -0.05) is 13.8 Å². The first-order chi connectivity index (χ1) is 11.7. The van der Waals surface area contributed by atoms with Gasteiger partial charge in [0.1, 0.15) is 5.69 Å². The Morgan fingerprint density at radius 1 is 1.32 bits per heavy atom. The van der Waals surface area contributed by atoms with Crippen LogP contribution in [0.3, 0.4) is 0 Å². The molecule has 0 aliphatic carbocycles. The molecular weight excluding hydrogens is 335 g/mol. The molecule has 1 aromatic rings. The van der Waals surface area contributed by atoms with Crippen molar-refractivity contribution in [3.8, 4) is 0 Å². The van der Waals surface area contributed by atoms with Crippen molar-refractivity contribution in [3.63, 3.8) is 0 Å². The zero-order chi connectivity index (χ0) is 18.6. The summed E-state index contributed by atoms with van der Waals surface area (Å²) in [5.41, 5.74) is -0.757. The Morgan fingerprint density at radius 2 is 1.96 bits per heavy atom. The Bertz CT molecular complexity index is 599. The van der Waals surface area contributed by atoms with Crippen molar-refractivity contribution in [2.24, 2.45) is 5.92 Å². The van der Waals surface area contributed by atoms with Crippen LogP contribution >= 0.6 is 0 Å². The summed E-state index contributed by atoms with van der Waals surface area (Å²) in [4.78, 5) is 18.1. The molecule has 1 unspecified atom stereocenters. The Balaban J connectivity index is 2.03. The van der Waals surface area contributed by atoms with E-state index in [-0.39, 0.29) is 17.3 Å². The number of amides is 1. The van der Waals surface area contributed by atoms with Gasteiger partial charge in [-0.3, -0.25) is 9.69 Å². The van der Waals surface area contributed by atoms with Gasteiger partial charge in [-0.2, -0.15) is 13.2 Å². The van der Waals surface area contributed by atoms with Crippen molar-refractivity contribution in [3.05, 3.63) is 29.1 Å². The van der Waals surface area contributed by atoms with E-state index in [0.717, 1.165) is 19.2 Å². The number of aryl methyl sites for hydroxylation is 1. The van der Waals surface area contributed by atoms with E-state index in [0.29, 0.717) is 25.7 Å². The summed E-state index contributed by atoms with van der Waals surface area (Å²) in [7, 11) is 0. The zero-order valence-corrected chi connectivity index (χ0v) is 14.7. The number of rotatable bonds is 5. The average molecular weight is 359 g/mol. The molecule has 1 amide bonds. The lowest BCUT2D eigenvalue weighted by atomic mass is 10.0. The highest BCUT2D eigenvalue weighted by Crippen LogP contribution is 2.28. The van der Waals surface area contributed by atoms with Crippen molar-refractivity contribution in [1.82, 2.24) is 15.2 Å². The highest BCUT2D eigenvalue weighted by atomic mass is 19.4. The van der Waals surface area contributed by atoms with E-state index in [4.69, 9.17) is 4.74 Å². The van der Waals surface area contributed by atoms with Gasteiger partial charge in [-0.25, -0.2) is 4.98 Å². The molecule has 5 nitrogen and oxygen atoms in total. The predicted molar refractivity (Wildman–Crippen MR) is 87.3 cm³/mol. The maximum atomic E-state index is 12.7. The number of alkyl halides is 3. The molecule has 0 aromatic carbocycles. The molecule has 0 spiro atoms. The van der Waals surface area contributed by atoms with E-state index in [1.807, 2.05) is 0 Å². The van der Waals surface area contributed by atoms with E-state index in [1.54, 1.807) is 0 Å². The summed E-state index contributed by atoms with van der Waals surface area (Å²) in [5, 5.41) is 2.83. The van der Waals surface area contributed by atoms with Gasteiger partial charge < -0.3 is 10.1 Å². The number of ether oxygens (including phenoxy) is 1. The molecule has 1 aliphatic heterocycles. The van der Waals surface area contributed by atoms with Gasteiger partial charge in [0, 0.05) is 25.7 Å². The number of carbonyl (C=O) groups excluding carboxylic acids is 1. The third-order valence-corrected chi connectivity index (χ3v) is 4.38. The quantitative estimate of drug-likeness (QED) is 0.878. The number of aromatic nitrogens is 1. The largest absolute Gasteiger partial charge is 0.433 e. The minimum Gasteiger partial charge on any atom is -0.379 e. The highest BCUT2D eigenvalue weighted by molar-refractivity contribution is 5.95. The van der Waals surface area contributed by atoms with Crippen LogP contribution in [-0.4, -0.2) is 54.7 Å². The molecule has 1 aromatic heterocycles. The Kier molecular flexibility index (Phi) is 6.40. The Morgan fingerprint density at radius 3 is 2.48 bits per heavy atom. The molecule has 8 heteroatoms. The molecule has 25 heavy (non-hydrogen) atoms. The first-order valence-corrected chi connectivity index (χ1v) is 8.35. The lowest BCUT2D eigenvalue weighted by Crippen LogP contribution is -2.51. The molecule has 0 bridgehead atoms. The molecule has 0 radical (unpaired) electrons. The SMILES string of the molecule is Cc1nc(C(F)(F)F)ccc1C(=O)NCC(C(C)C)N1CCOCC1. The van der Waals surface area contributed by atoms with E-state index >= 15 is 0 Å². The maximum absolute atomic E-state index is 12.7. The molecule has 1 atom stereocenters. The number of hydrogen-bond acceptors (Lipinski definition) is 4. The number of pyridine rings is 1. The van der Waals surface area contributed by atoms with Gasteiger partial charge in [0.05, 0.1) is 24.5 Å². The van der Waals surface area contributed by atoms with Crippen molar-refractivity contribution in [2.75, 3.05) is 32.8 Å². The molecule has 1 fully saturated rings. The second-order valence-corrected chi connectivity index (χ2v) is 6.50. The van der Waals surface area contributed by atoms with Gasteiger partial charge in [0.25, 0.3) is 5.91 Å². The molecule has 1 saturated heterocycles. The summed E-state index contributed by atoms with van der Waals surface area (Å²) in [6, 6.07) is 2.17. The van der Waals surface area contributed by atoms with E-state index in [1.165, 1.54) is 13.0 Å². The number of halogens is 3. The van der Waals surface area contributed by atoms with Crippen LogP contribution in [0.5, 0.6) is 0 Å². The number of carbonyl (C=O) groups is 1. The topological polar surface area (TPSA) is 54.5 Å². The fourth-order valence-corrected chi connectivity index (χ4v) is 2.95. The smallest absolute Gasteiger partial charge is 0.379 e. The van der Waals surface area contributed by atoms with Crippen LogP contribution < -0.4 is 5.32 Å². The van der Waals surface area contributed by atoms with Gasteiger partial charge in [-0.15, -0.1) is 0 Å². The van der Waals surface area contributed by atoms with Crippen molar-refractivity contribution >= 4 is 5.91 Å². The summed E-state index contributed by atoms with van der Waals surface area (Å²) >= 11 is 0. The molecule has 2 rings (SSSR count).